The quantitative estimate of drug-likeness (QED) is 0.520. The minimum absolute atomic E-state index is 0.0254. The second-order valence-corrected chi connectivity index (χ2v) is 7.21. The fourth-order valence-corrected chi connectivity index (χ4v) is 3.51. The van der Waals surface area contributed by atoms with Gasteiger partial charge in [-0.25, -0.2) is 9.98 Å². The number of halogens is 4. The zero-order valence-electron chi connectivity index (χ0n) is 12.2. The molecule has 1 heterocycles. The molecule has 126 valence electrons. The zero-order valence-corrected chi connectivity index (χ0v) is 16.1. The van der Waals surface area contributed by atoms with Crippen LogP contribution in [0, 0.1) is 22.7 Å². The summed E-state index contributed by atoms with van der Waals surface area (Å²) >= 11 is 24.9. The van der Waals surface area contributed by atoms with E-state index in [1.807, 2.05) is 12.1 Å². The Labute approximate surface area is 167 Å². The molecule has 5 nitrogen and oxygen atoms in total. The van der Waals surface area contributed by atoms with Crippen LogP contribution in [0.2, 0.25) is 19.7 Å². The largest absolute Gasteiger partial charge is 0.369 e. The third-order valence-corrected chi connectivity index (χ3v) is 5.07. The van der Waals surface area contributed by atoms with Gasteiger partial charge in [-0.15, -0.1) is 11.3 Å². The molecule has 0 aliphatic carbocycles. The van der Waals surface area contributed by atoms with E-state index in [9.17, 15) is 10.5 Å². The monoisotopic (exact) mass is 429 g/mol. The van der Waals surface area contributed by atoms with Crippen LogP contribution >= 0.6 is 57.7 Å². The molecule has 0 spiro atoms. The number of nitriles is 2. The third-order valence-electron chi connectivity index (χ3n) is 2.83. The topological polar surface area (TPSA) is 84.9 Å². The number of allylic oxidation sites excluding steroid dienone is 2. The van der Waals surface area contributed by atoms with E-state index in [1.165, 1.54) is 17.6 Å². The highest BCUT2D eigenvalue weighted by molar-refractivity contribution is 7.16. The molecule has 0 amide bonds. The zero-order chi connectivity index (χ0) is 18.4. The van der Waals surface area contributed by atoms with Crippen molar-refractivity contribution in [1.82, 2.24) is 10.3 Å². The molecule has 0 atom stereocenters. The number of nitrogens with one attached hydrogen (secondary N) is 1. The van der Waals surface area contributed by atoms with Gasteiger partial charge in [0.1, 0.15) is 17.3 Å². The molecule has 2 aromatic rings. The highest BCUT2D eigenvalue weighted by Crippen LogP contribution is 2.26. The van der Waals surface area contributed by atoms with Gasteiger partial charge in [-0.3, -0.25) is 0 Å². The summed E-state index contributed by atoms with van der Waals surface area (Å²) in [5, 5.41) is 22.3. The van der Waals surface area contributed by atoms with E-state index < -0.39 is 0 Å². The molecule has 1 aromatic carbocycles. The first kappa shape index (κ1) is 19.5. The summed E-state index contributed by atoms with van der Waals surface area (Å²) in [6.45, 7) is 0.180. The Morgan fingerprint density at radius 1 is 1.20 bits per heavy atom. The number of aromatic nitrogens is 1. The van der Waals surface area contributed by atoms with Crippen molar-refractivity contribution < 1.29 is 0 Å². The van der Waals surface area contributed by atoms with E-state index in [4.69, 9.17) is 46.4 Å². The van der Waals surface area contributed by atoms with Gasteiger partial charge in [-0.2, -0.15) is 10.5 Å². The summed E-state index contributed by atoms with van der Waals surface area (Å²) in [6.07, 6.45) is 1.33. The maximum Gasteiger partial charge on any atom is 0.185 e. The maximum absolute atomic E-state index is 9.27. The lowest BCUT2D eigenvalue weighted by Gasteiger charge is -2.04. The van der Waals surface area contributed by atoms with Crippen molar-refractivity contribution in [1.29, 1.82) is 10.5 Å². The minimum Gasteiger partial charge on any atom is -0.369 e. The van der Waals surface area contributed by atoms with Gasteiger partial charge in [-0.05, 0) is 12.1 Å². The predicted octanol–water partition coefficient (Wildman–Crippen LogP) is 5.22. The van der Waals surface area contributed by atoms with Crippen LogP contribution in [0.15, 0.2) is 34.6 Å². The van der Waals surface area contributed by atoms with Gasteiger partial charge >= 0.3 is 0 Å². The van der Waals surface area contributed by atoms with Gasteiger partial charge in [0.2, 0.25) is 0 Å². The number of aliphatic imine (C=N–C) groups is 1. The van der Waals surface area contributed by atoms with Crippen LogP contribution < -0.4 is 5.32 Å². The Balaban J connectivity index is 2.25. The third kappa shape index (κ3) is 5.09. The van der Waals surface area contributed by atoms with Crippen molar-refractivity contribution in [2.24, 2.45) is 4.99 Å². The first-order valence-electron chi connectivity index (χ1n) is 6.53. The normalized spacial score (nSPS) is 11.8. The van der Waals surface area contributed by atoms with Gasteiger partial charge in [0.25, 0.3) is 0 Å². The highest BCUT2D eigenvalue weighted by Gasteiger charge is 2.11. The molecule has 0 saturated heterocycles. The molecular formula is C15H7Cl4N5S. The Hall–Kier alpha value is -1.80. The van der Waals surface area contributed by atoms with Crippen LogP contribution in [0.3, 0.4) is 0 Å². The first-order chi connectivity index (χ1) is 12.0. The number of benzene rings is 1. The Bertz CT molecular complexity index is 916. The fraction of sp³-hybridized carbons (Fsp3) is 0.0667. The van der Waals surface area contributed by atoms with E-state index in [0.29, 0.717) is 20.5 Å². The van der Waals surface area contributed by atoms with Crippen LogP contribution in [0.4, 0.5) is 0 Å². The summed E-state index contributed by atoms with van der Waals surface area (Å²) in [4.78, 5) is 8.51. The average Bonchev–Trinajstić information content (AvgIpc) is 2.90. The molecule has 0 unspecified atom stereocenters. The molecule has 1 N–H and O–H groups in total. The molecule has 1 aromatic heterocycles. The predicted molar refractivity (Wildman–Crippen MR) is 101 cm³/mol. The van der Waals surface area contributed by atoms with Crippen molar-refractivity contribution in [2.75, 3.05) is 0 Å². The summed E-state index contributed by atoms with van der Waals surface area (Å²) in [7, 11) is 0. The van der Waals surface area contributed by atoms with Crippen LogP contribution in [-0.4, -0.2) is 11.2 Å². The van der Waals surface area contributed by atoms with Crippen molar-refractivity contribution in [2.45, 2.75) is 6.54 Å². The fourth-order valence-electron chi connectivity index (χ4n) is 1.67. The molecule has 0 aliphatic heterocycles. The Morgan fingerprint density at radius 3 is 2.40 bits per heavy atom. The minimum atomic E-state index is -0.120. The molecule has 0 aliphatic rings. The van der Waals surface area contributed by atoms with E-state index in [2.05, 4.69) is 15.3 Å². The number of hydrogen-bond donors (Lipinski definition) is 1. The number of hydrogen-bond acceptors (Lipinski definition) is 6. The first-order valence-corrected chi connectivity index (χ1v) is 8.86. The second kappa shape index (κ2) is 9.05. The Morgan fingerprint density at radius 2 is 1.88 bits per heavy atom. The maximum atomic E-state index is 9.27. The van der Waals surface area contributed by atoms with Gasteiger partial charge in [0.15, 0.2) is 15.9 Å². The van der Waals surface area contributed by atoms with E-state index in [-0.39, 0.29) is 27.6 Å². The number of rotatable bonds is 5. The number of nitrogens with zero attached hydrogens (tertiary/aromatic N) is 4. The molecule has 0 fully saturated rings. The SMILES string of the molecule is N#C/C(N=Cc1c(Cl)cccc1Cl)=C(/C#N)NCc1sc(Cl)nc1Cl. The molecule has 25 heavy (non-hydrogen) atoms. The lowest BCUT2D eigenvalue weighted by Crippen LogP contribution is -2.13. The second-order valence-electron chi connectivity index (χ2n) is 4.38. The molecule has 0 bridgehead atoms. The highest BCUT2D eigenvalue weighted by atomic mass is 35.5. The van der Waals surface area contributed by atoms with Crippen LogP contribution in [-0.2, 0) is 6.54 Å². The standard InChI is InChI=1S/C15H7Cl4N5S/c16-9-2-1-3-10(17)8(9)6-22-11(4-20)12(5-21)23-7-13-14(18)24-15(19)25-13/h1-3,6,23H,7H2/b12-11+,22-6?. The van der Waals surface area contributed by atoms with E-state index in [1.54, 1.807) is 18.2 Å². The summed E-state index contributed by atoms with van der Waals surface area (Å²) in [5.74, 6) is 0. The summed E-state index contributed by atoms with van der Waals surface area (Å²) in [5.41, 5.74) is 0.306. The van der Waals surface area contributed by atoms with Gasteiger partial charge in [0, 0.05) is 11.8 Å². The summed E-state index contributed by atoms with van der Waals surface area (Å²) < 4.78 is 0.288. The van der Waals surface area contributed by atoms with Crippen molar-refractivity contribution in [3.8, 4) is 12.1 Å². The van der Waals surface area contributed by atoms with Gasteiger partial charge < -0.3 is 5.32 Å². The van der Waals surface area contributed by atoms with Crippen molar-refractivity contribution >= 4 is 64.0 Å². The Kier molecular flexibility index (Phi) is 7.07. The van der Waals surface area contributed by atoms with Gasteiger partial charge in [0.05, 0.1) is 21.5 Å². The van der Waals surface area contributed by atoms with Crippen molar-refractivity contribution in [3.63, 3.8) is 0 Å². The van der Waals surface area contributed by atoms with Crippen molar-refractivity contribution in [3.05, 3.63) is 59.7 Å². The molecule has 2 rings (SSSR count). The van der Waals surface area contributed by atoms with Crippen LogP contribution in [0.1, 0.15) is 10.4 Å². The molecular weight excluding hydrogens is 424 g/mol. The molecule has 0 radical (unpaired) electrons. The van der Waals surface area contributed by atoms with E-state index in [0.717, 1.165) is 0 Å². The lowest BCUT2D eigenvalue weighted by molar-refractivity contribution is 0.839. The van der Waals surface area contributed by atoms with E-state index >= 15 is 0 Å². The van der Waals surface area contributed by atoms with Crippen LogP contribution in [0.25, 0.3) is 0 Å². The number of thiazole rings is 1. The average molecular weight is 431 g/mol. The molecule has 0 saturated carbocycles. The van der Waals surface area contributed by atoms with Gasteiger partial charge in [-0.1, -0.05) is 52.5 Å². The summed E-state index contributed by atoms with van der Waals surface area (Å²) in [6, 6.07) is 8.72. The van der Waals surface area contributed by atoms with Crippen LogP contribution in [0.5, 0.6) is 0 Å². The lowest BCUT2D eigenvalue weighted by atomic mass is 10.2. The smallest absolute Gasteiger partial charge is 0.185 e. The molecule has 10 heteroatoms.